The number of likely N-dealkylation sites (tertiary alicyclic amines) is 1. The van der Waals surface area contributed by atoms with Crippen molar-refractivity contribution < 1.29 is 19.1 Å². The molecule has 1 aliphatic heterocycles. The molecule has 0 bridgehead atoms. The summed E-state index contributed by atoms with van der Waals surface area (Å²) in [4.78, 5) is 27.2. The van der Waals surface area contributed by atoms with E-state index >= 15 is 0 Å². The lowest BCUT2D eigenvalue weighted by molar-refractivity contribution is -0.133. The monoisotopic (exact) mass is 360 g/mol. The Morgan fingerprint density at radius 2 is 1.88 bits per heavy atom. The van der Waals surface area contributed by atoms with Crippen LogP contribution in [0.15, 0.2) is 18.2 Å². The molecule has 0 unspecified atom stereocenters. The second kappa shape index (κ2) is 7.56. The lowest BCUT2D eigenvalue weighted by Crippen LogP contribution is -2.37. The molecule has 1 N–H and O–H groups in total. The quantitative estimate of drug-likeness (QED) is 0.844. The second-order valence-electron chi connectivity index (χ2n) is 7.50. The summed E-state index contributed by atoms with van der Waals surface area (Å²) in [5.74, 6) is 1.09. The molecular formula is C20H28N2O4. The number of nitrogens with one attached hydrogen (secondary N) is 1. The third-order valence-electron chi connectivity index (χ3n) is 5.23. The molecular weight excluding hydrogens is 332 g/mol. The molecule has 3 rings (SSSR count). The lowest BCUT2D eigenvalue weighted by Gasteiger charge is -2.21. The van der Waals surface area contributed by atoms with Crippen LogP contribution >= 0.6 is 0 Å². The zero-order valence-electron chi connectivity index (χ0n) is 16.0. The fourth-order valence-electron chi connectivity index (χ4n) is 3.59. The van der Waals surface area contributed by atoms with Crippen LogP contribution in [0.1, 0.15) is 38.2 Å². The minimum absolute atomic E-state index is 0.0365. The van der Waals surface area contributed by atoms with Gasteiger partial charge < -0.3 is 19.7 Å². The van der Waals surface area contributed by atoms with Crippen LogP contribution in [-0.4, -0.2) is 50.1 Å². The van der Waals surface area contributed by atoms with E-state index in [9.17, 15) is 9.59 Å². The molecule has 1 aromatic carbocycles. The van der Waals surface area contributed by atoms with Crippen LogP contribution in [0.25, 0.3) is 0 Å². The molecule has 26 heavy (non-hydrogen) atoms. The summed E-state index contributed by atoms with van der Waals surface area (Å²) in [6.45, 7) is 4.77. The molecule has 1 aromatic rings. The van der Waals surface area contributed by atoms with Crippen molar-refractivity contribution in [3.63, 3.8) is 0 Å². The van der Waals surface area contributed by atoms with Gasteiger partial charge in [-0.25, -0.2) is 0 Å². The first-order valence-corrected chi connectivity index (χ1v) is 9.25. The number of carbonyl (C=O) groups excluding carboxylic acids is 2. The Balaban J connectivity index is 1.90. The summed E-state index contributed by atoms with van der Waals surface area (Å²) >= 11 is 0. The van der Waals surface area contributed by atoms with Gasteiger partial charge in [-0.2, -0.15) is 0 Å². The highest BCUT2D eigenvalue weighted by molar-refractivity contribution is 5.84. The van der Waals surface area contributed by atoms with Crippen molar-refractivity contribution in [1.82, 2.24) is 10.2 Å². The van der Waals surface area contributed by atoms with Gasteiger partial charge in [-0.15, -0.1) is 0 Å². The molecule has 6 heteroatoms. The van der Waals surface area contributed by atoms with Crippen LogP contribution in [0, 0.1) is 11.8 Å². The molecule has 1 saturated carbocycles. The first-order valence-electron chi connectivity index (χ1n) is 9.25. The molecule has 1 saturated heterocycles. The van der Waals surface area contributed by atoms with Crippen molar-refractivity contribution in [1.29, 1.82) is 0 Å². The Morgan fingerprint density at radius 3 is 2.46 bits per heavy atom. The standard InChI is InChI=1S/C20H28N2O4/c1-12(2)20(24)22-10-16(17(11-22)19(23)21-13-5-6-13)15-8-7-14(25-3)9-18(15)26-4/h7-9,12-13,16-17H,5-6,10-11H2,1-4H3,(H,21,23)/t16-,17-/m1/s1. The highest BCUT2D eigenvalue weighted by atomic mass is 16.5. The molecule has 0 aromatic heterocycles. The van der Waals surface area contributed by atoms with Crippen molar-refractivity contribution in [3.05, 3.63) is 23.8 Å². The van der Waals surface area contributed by atoms with Gasteiger partial charge in [0.1, 0.15) is 11.5 Å². The maximum atomic E-state index is 12.8. The van der Waals surface area contributed by atoms with Gasteiger partial charge in [0, 0.05) is 42.6 Å². The fraction of sp³-hybridized carbons (Fsp3) is 0.600. The van der Waals surface area contributed by atoms with E-state index in [1.807, 2.05) is 36.9 Å². The molecule has 142 valence electrons. The van der Waals surface area contributed by atoms with E-state index < -0.39 is 0 Å². The Hall–Kier alpha value is -2.24. The smallest absolute Gasteiger partial charge is 0.225 e. The van der Waals surface area contributed by atoms with Crippen LogP contribution in [-0.2, 0) is 9.59 Å². The first-order chi connectivity index (χ1) is 12.4. The number of methoxy groups -OCH3 is 2. The summed E-state index contributed by atoms with van der Waals surface area (Å²) < 4.78 is 10.8. The highest BCUT2D eigenvalue weighted by Gasteiger charge is 2.43. The highest BCUT2D eigenvalue weighted by Crippen LogP contribution is 2.40. The number of hydrogen-bond acceptors (Lipinski definition) is 4. The van der Waals surface area contributed by atoms with E-state index in [0.29, 0.717) is 30.6 Å². The summed E-state index contributed by atoms with van der Waals surface area (Å²) in [5, 5.41) is 3.10. The molecule has 2 aliphatic rings. The average molecular weight is 360 g/mol. The zero-order chi connectivity index (χ0) is 18.8. The molecule has 2 fully saturated rings. The van der Waals surface area contributed by atoms with Crippen LogP contribution < -0.4 is 14.8 Å². The van der Waals surface area contributed by atoms with Gasteiger partial charge in [0.25, 0.3) is 0 Å². The topological polar surface area (TPSA) is 67.9 Å². The predicted molar refractivity (Wildman–Crippen MR) is 98.4 cm³/mol. The van der Waals surface area contributed by atoms with E-state index in [2.05, 4.69) is 5.32 Å². The summed E-state index contributed by atoms with van der Waals surface area (Å²) in [6.07, 6.45) is 2.09. The Bertz CT molecular complexity index is 684. The maximum Gasteiger partial charge on any atom is 0.225 e. The molecule has 6 nitrogen and oxygen atoms in total. The average Bonchev–Trinajstić information content (AvgIpc) is 3.34. The van der Waals surface area contributed by atoms with Gasteiger partial charge in [-0.05, 0) is 18.9 Å². The number of benzene rings is 1. The second-order valence-corrected chi connectivity index (χ2v) is 7.50. The van der Waals surface area contributed by atoms with Gasteiger partial charge >= 0.3 is 0 Å². The predicted octanol–water partition coefficient (Wildman–Crippen LogP) is 2.18. The molecule has 0 spiro atoms. The molecule has 1 heterocycles. The van der Waals surface area contributed by atoms with Gasteiger partial charge in [0.2, 0.25) is 11.8 Å². The van der Waals surface area contributed by atoms with Crippen molar-refractivity contribution in [3.8, 4) is 11.5 Å². The fourth-order valence-corrected chi connectivity index (χ4v) is 3.59. The molecule has 2 atom stereocenters. The minimum atomic E-state index is -0.263. The normalized spacial score (nSPS) is 22.4. The molecule has 0 radical (unpaired) electrons. The lowest BCUT2D eigenvalue weighted by atomic mass is 9.87. The van der Waals surface area contributed by atoms with Crippen molar-refractivity contribution in [2.45, 2.75) is 38.6 Å². The molecule has 1 aliphatic carbocycles. The van der Waals surface area contributed by atoms with E-state index in [4.69, 9.17) is 9.47 Å². The zero-order valence-corrected chi connectivity index (χ0v) is 16.0. The van der Waals surface area contributed by atoms with E-state index in [-0.39, 0.29) is 29.6 Å². The van der Waals surface area contributed by atoms with Gasteiger partial charge in [0.05, 0.1) is 20.1 Å². The number of ether oxygens (including phenoxy) is 2. The van der Waals surface area contributed by atoms with E-state index in [0.717, 1.165) is 18.4 Å². The summed E-state index contributed by atoms with van der Waals surface area (Å²) in [6, 6.07) is 5.96. The van der Waals surface area contributed by atoms with Gasteiger partial charge in [-0.3, -0.25) is 9.59 Å². The first kappa shape index (κ1) is 18.5. The number of carbonyl (C=O) groups is 2. The maximum absolute atomic E-state index is 12.8. The third kappa shape index (κ3) is 3.79. The Kier molecular flexibility index (Phi) is 5.39. The van der Waals surface area contributed by atoms with Crippen molar-refractivity contribution >= 4 is 11.8 Å². The minimum Gasteiger partial charge on any atom is -0.497 e. The number of amides is 2. The third-order valence-corrected chi connectivity index (χ3v) is 5.23. The Labute approximate surface area is 154 Å². The van der Waals surface area contributed by atoms with Crippen LogP contribution in [0.2, 0.25) is 0 Å². The van der Waals surface area contributed by atoms with Crippen molar-refractivity contribution in [2.75, 3.05) is 27.3 Å². The summed E-state index contributed by atoms with van der Waals surface area (Å²) in [5.41, 5.74) is 0.948. The SMILES string of the molecule is COc1ccc([C@H]2CN(C(=O)C(C)C)C[C@H]2C(=O)NC2CC2)c(OC)c1. The number of nitrogens with zero attached hydrogens (tertiary/aromatic N) is 1. The van der Waals surface area contributed by atoms with Crippen molar-refractivity contribution in [2.24, 2.45) is 11.8 Å². The number of hydrogen-bond donors (Lipinski definition) is 1. The Morgan fingerprint density at radius 1 is 1.15 bits per heavy atom. The van der Waals surface area contributed by atoms with E-state index in [1.165, 1.54) is 0 Å². The van der Waals surface area contributed by atoms with E-state index in [1.54, 1.807) is 14.2 Å². The van der Waals surface area contributed by atoms with Gasteiger partial charge in [0.15, 0.2) is 0 Å². The van der Waals surface area contributed by atoms with Crippen LogP contribution in [0.4, 0.5) is 0 Å². The summed E-state index contributed by atoms with van der Waals surface area (Å²) in [7, 11) is 3.22. The van der Waals surface area contributed by atoms with Crippen LogP contribution in [0.3, 0.4) is 0 Å². The molecule has 2 amide bonds. The van der Waals surface area contributed by atoms with Gasteiger partial charge in [-0.1, -0.05) is 19.9 Å². The largest absolute Gasteiger partial charge is 0.497 e. The van der Waals surface area contributed by atoms with Crippen LogP contribution in [0.5, 0.6) is 11.5 Å². The number of rotatable bonds is 6.